The molecular weight excluding hydrogens is 291 g/mol. The van der Waals surface area contributed by atoms with Crippen LogP contribution in [0, 0.1) is 5.82 Å². The molecule has 0 aromatic carbocycles. The highest BCUT2D eigenvalue weighted by Crippen LogP contribution is 2.32. The molecule has 0 spiro atoms. The van der Waals surface area contributed by atoms with Gasteiger partial charge >= 0.3 is 0 Å². The molecule has 23 heavy (non-hydrogen) atoms. The van der Waals surface area contributed by atoms with E-state index < -0.39 is 0 Å². The van der Waals surface area contributed by atoms with Crippen molar-refractivity contribution in [3.8, 4) is 11.5 Å². The Bertz CT molecular complexity index is 708. The number of halogens is 1. The molecule has 4 nitrogen and oxygen atoms in total. The van der Waals surface area contributed by atoms with E-state index in [1.165, 1.54) is 37.3 Å². The van der Waals surface area contributed by atoms with Crippen LogP contribution in [0.1, 0.15) is 43.4 Å². The maximum atomic E-state index is 14.1. The highest BCUT2D eigenvalue weighted by atomic mass is 19.1. The number of hydrogen-bond donors (Lipinski definition) is 0. The molecule has 2 aromatic rings. The first-order chi connectivity index (χ1) is 11.3. The van der Waals surface area contributed by atoms with Crippen molar-refractivity contribution >= 4 is 5.82 Å². The van der Waals surface area contributed by atoms with Crippen LogP contribution in [0.5, 0.6) is 0 Å². The molecule has 0 atom stereocenters. The third-order valence-corrected chi connectivity index (χ3v) is 4.79. The lowest BCUT2D eigenvalue weighted by molar-refractivity contribution is 0.623. The van der Waals surface area contributed by atoms with Crippen molar-refractivity contribution in [1.29, 1.82) is 0 Å². The zero-order chi connectivity index (χ0) is 15.6. The Morgan fingerprint density at radius 1 is 0.957 bits per heavy atom. The molecule has 2 aromatic heterocycles. The highest BCUT2D eigenvalue weighted by Gasteiger charge is 2.25. The van der Waals surface area contributed by atoms with E-state index in [0.717, 1.165) is 43.9 Å². The van der Waals surface area contributed by atoms with Gasteiger partial charge in [-0.15, -0.1) is 0 Å². The largest absolute Gasteiger partial charge is 0.356 e. The van der Waals surface area contributed by atoms with Crippen LogP contribution >= 0.6 is 0 Å². The predicted molar refractivity (Wildman–Crippen MR) is 87.9 cm³/mol. The third-order valence-electron chi connectivity index (χ3n) is 4.79. The van der Waals surface area contributed by atoms with Gasteiger partial charge in [0.1, 0.15) is 11.5 Å². The van der Waals surface area contributed by atoms with E-state index in [-0.39, 0.29) is 11.5 Å². The summed E-state index contributed by atoms with van der Waals surface area (Å²) in [5.41, 5.74) is 2.62. The molecule has 0 bridgehead atoms. The van der Waals surface area contributed by atoms with E-state index in [9.17, 15) is 4.39 Å². The van der Waals surface area contributed by atoms with E-state index >= 15 is 0 Å². The quantitative estimate of drug-likeness (QED) is 0.850. The van der Waals surface area contributed by atoms with Crippen LogP contribution in [0.25, 0.3) is 11.5 Å². The average molecular weight is 312 g/mol. The Balaban J connectivity index is 1.80. The van der Waals surface area contributed by atoms with Crippen LogP contribution in [-0.4, -0.2) is 28.0 Å². The van der Waals surface area contributed by atoms with E-state index in [4.69, 9.17) is 4.98 Å². The second kappa shape index (κ2) is 6.22. The van der Waals surface area contributed by atoms with Gasteiger partial charge in [0.2, 0.25) is 0 Å². The van der Waals surface area contributed by atoms with Gasteiger partial charge in [0.05, 0.1) is 0 Å². The third kappa shape index (κ3) is 2.80. The molecule has 1 aliphatic carbocycles. The Labute approximate surface area is 135 Å². The van der Waals surface area contributed by atoms with Crippen molar-refractivity contribution in [3.05, 3.63) is 35.4 Å². The fourth-order valence-corrected chi connectivity index (χ4v) is 3.61. The zero-order valence-corrected chi connectivity index (χ0v) is 13.3. The summed E-state index contributed by atoms with van der Waals surface area (Å²) >= 11 is 0. The standard InChI is InChI=1S/C18H21FN4/c19-14-8-6-10-20-16(14)17-21-15-9-5-7-13(15)18(22-17)23-11-3-1-2-4-12-23/h6,8,10H,1-5,7,9,11-12H2. The van der Waals surface area contributed by atoms with Crippen molar-refractivity contribution < 1.29 is 4.39 Å². The molecule has 4 rings (SSSR count). The van der Waals surface area contributed by atoms with Crippen LogP contribution in [-0.2, 0) is 12.8 Å². The van der Waals surface area contributed by atoms with E-state index in [2.05, 4.69) is 14.9 Å². The fraction of sp³-hybridized carbons (Fsp3) is 0.500. The first-order valence-corrected chi connectivity index (χ1v) is 8.58. The minimum atomic E-state index is -0.354. The number of nitrogens with zero attached hydrogens (tertiary/aromatic N) is 4. The number of fused-ring (bicyclic) bond motifs is 1. The van der Waals surface area contributed by atoms with Gasteiger partial charge in [0.15, 0.2) is 11.6 Å². The number of aryl methyl sites for hydroxylation is 1. The minimum absolute atomic E-state index is 0.262. The molecule has 120 valence electrons. The molecule has 0 saturated carbocycles. The number of anilines is 1. The molecule has 2 aliphatic rings. The summed E-state index contributed by atoms with van der Waals surface area (Å²) in [6.07, 6.45) is 9.67. The summed E-state index contributed by atoms with van der Waals surface area (Å²) in [6, 6.07) is 3.02. The lowest BCUT2D eigenvalue weighted by Gasteiger charge is -2.24. The second-order valence-electron chi connectivity index (χ2n) is 6.38. The zero-order valence-electron chi connectivity index (χ0n) is 13.3. The van der Waals surface area contributed by atoms with Crippen LogP contribution in [0.15, 0.2) is 18.3 Å². The number of rotatable bonds is 2. The first kappa shape index (κ1) is 14.5. The van der Waals surface area contributed by atoms with E-state index in [1.54, 1.807) is 12.3 Å². The van der Waals surface area contributed by atoms with Crippen LogP contribution in [0.2, 0.25) is 0 Å². The number of aromatic nitrogens is 3. The van der Waals surface area contributed by atoms with Crippen LogP contribution in [0.4, 0.5) is 10.2 Å². The molecular formula is C18H21FN4. The Morgan fingerprint density at radius 2 is 1.78 bits per heavy atom. The Hall–Kier alpha value is -2.04. The summed E-state index contributed by atoms with van der Waals surface area (Å²) in [5.74, 6) is 1.10. The summed E-state index contributed by atoms with van der Waals surface area (Å²) in [5, 5.41) is 0. The number of hydrogen-bond acceptors (Lipinski definition) is 4. The lowest BCUT2D eigenvalue weighted by atomic mass is 10.2. The monoisotopic (exact) mass is 312 g/mol. The summed E-state index contributed by atoms with van der Waals surface area (Å²) in [4.78, 5) is 15.9. The van der Waals surface area contributed by atoms with Crippen LogP contribution in [0.3, 0.4) is 0 Å². The van der Waals surface area contributed by atoms with Crippen molar-refractivity contribution in [3.63, 3.8) is 0 Å². The van der Waals surface area contributed by atoms with Gasteiger partial charge in [0.25, 0.3) is 0 Å². The maximum absolute atomic E-state index is 14.1. The molecule has 3 heterocycles. The molecule has 1 aliphatic heterocycles. The van der Waals surface area contributed by atoms with Crippen molar-refractivity contribution in [2.24, 2.45) is 0 Å². The summed E-state index contributed by atoms with van der Waals surface area (Å²) in [7, 11) is 0. The normalized spacial score (nSPS) is 17.9. The van der Waals surface area contributed by atoms with Gasteiger partial charge in [0, 0.05) is 30.5 Å². The lowest BCUT2D eigenvalue weighted by Crippen LogP contribution is -2.26. The van der Waals surface area contributed by atoms with Crippen molar-refractivity contribution in [2.45, 2.75) is 44.9 Å². The van der Waals surface area contributed by atoms with E-state index in [1.807, 2.05) is 0 Å². The van der Waals surface area contributed by atoms with Gasteiger partial charge in [-0.05, 0) is 44.2 Å². The predicted octanol–water partition coefficient (Wildman–Crippen LogP) is 3.55. The van der Waals surface area contributed by atoms with Crippen molar-refractivity contribution in [2.75, 3.05) is 18.0 Å². The maximum Gasteiger partial charge on any atom is 0.183 e. The SMILES string of the molecule is Fc1cccnc1-c1nc2c(c(N3CCCCCC3)n1)CCC2. The molecule has 0 N–H and O–H groups in total. The molecule has 1 saturated heterocycles. The van der Waals surface area contributed by atoms with Gasteiger partial charge in [-0.25, -0.2) is 19.3 Å². The average Bonchev–Trinajstić information content (AvgIpc) is 2.88. The summed E-state index contributed by atoms with van der Waals surface area (Å²) < 4.78 is 14.1. The topological polar surface area (TPSA) is 41.9 Å². The fourth-order valence-electron chi connectivity index (χ4n) is 3.61. The first-order valence-electron chi connectivity index (χ1n) is 8.58. The van der Waals surface area contributed by atoms with Gasteiger partial charge in [-0.1, -0.05) is 12.8 Å². The van der Waals surface area contributed by atoms with E-state index in [0.29, 0.717) is 5.82 Å². The molecule has 5 heteroatoms. The Kier molecular flexibility index (Phi) is 3.93. The Morgan fingerprint density at radius 3 is 2.57 bits per heavy atom. The van der Waals surface area contributed by atoms with Gasteiger partial charge in [-0.2, -0.15) is 0 Å². The highest BCUT2D eigenvalue weighted by molar-refractivity contribution is 5.59. The van der Waals surface area contributed by atoms with Gasteiger partial charge in [-0.3, -0.25) is 0 Å². The molecule has 0 unspecified atom stereocenters. The second-order valence-corrected chi connectivity index (χ2v) is 6.38. The van der Waals surface area contributed by atoms with Crippen LogP contribution < -0.4 is 4.90 Å². The molecule has 0 amide bonds. The summed E-state index contributed by atoms with van der Waals surface area (Å²) in [6.45, 7) is 2.07. The number of pyridine rings is 1. The molecule has 0 radical (unpaired) electrons. The van der Waals surface area contributed by atoms with Gasteiger partial charge < -0.3 is 4.90 Å². The molecule has 1 fully saturated rings. The minimum Gasteiger partial charge on any atom is -0.356 e. The van der Waals surface area contributed by atoms with Crippen molar-refractivity contribution in [1.82, 2.24) is 15.0 Å². The smallest absolute Gasteiger partial charge is 0.183 e.